The summed E-state index contributed by atoms with van der Waals surface area (Å²) in [6, 6.07) is 0. The Morgan fingerprint density at radius 1 is 1.43 bits per heavy atom. The van der Waals surface area contributed by atoms with Crippen LogP contribution in [-0.4, -0.2) is 33.6 Å². The van der Waals surface area contributed by atoms with Crippen molar-refractivity contribution in [3.8, 4) is 0 Å². The smallest absolute Gasteiger partial charge is 0.205 e. The fourth-order valence-electron chi connectivity index (χ4n) is 1.73. The molecule has 0 spiro atoms. The van der Waals surface area contributed by atoms with E-state index in [9.17, 15) is 0 Å². The van der Waals surface area contributed by atoms with Crippen LogP contribution in [0.1, 0.15) is 12.8 Å². The lowest BCUT2D eigenvalue weighted by atomic mass is 10.1. The van der Waals surface area contributed by atoms with Crippen molar-refractivity contribution in [2.45, 2.75) is 12.8 Å². The molecule has 0 unspecified atom stereocenters. The second kappa shape index (κ2) is 3.69. The molecule has 5 nitrogen and oxygen atoms in total. The summed E-state index contributed by atoms with van der Waals surface area (Å²) in [5, 5.41) is 11.9. The zero-order valence-electron chi connectivity index (χ0n) is 8.22. The predicted octanol–water partition coefficient (Wildman–Crippen LogP) is 0.850. The van der Waals surface area contributed by atoms with E-state index in [4.69, 9.17) is 5.21 Å². The lowest BCUT2D eigenvalue weighted by molar-refractivity contribution is 0.315. The van der Waals surface area contributed by atoms with Crippen molar-refractivity contribution in [1.82, 2.24) is 9.55 Å². The molecule has 1 aromatic heterocycles. The Morgan fingerprint density at radius 2 is 2.14 bits per heavy atom. The van der Waals surface area contributed by atoms with Gasteiger partial charge in [0.2, 0.25) is 5.95 Å². The third-order valence-electron chi connectivity index (χ3n) is 2.56. The first kappa shape index (κ1) is 9.05. The molecule has 14 heavy (non-hydrogen) atoms. The van der Waals surface area contributed by atoms with E-state index in [1.807, 2.05) is 17.8 Å². The standard InChI is InChI=1S/C9H14N4O/c1-12-7-4-10-9(12)13-5-2-8(11-14)3-6-13/h4,7,14H,2-3,5-6H2,1H3. The van der Waals surface area contributed by atoms with Crippen LogP contribution in [0.4, 0.5) is 5.95 Å². The van der Waals surface area contributed by atoms with Crippen LogP contribution in [0, 0.1) is 0 Å². The van der Waals surface area contributed by atoms with Gasteiger partial charge in [-0.2, -0.15) is 0 Å². The second-order valence-corrected chi connectivity index (χ2v) is 3.49. The summed E-state index contributed by atoms with van der Waals surface area (Å²) in [6.07, 6.45) is 5.38. The molecule has 2 rings (SSSR count). The van der Waals surface area contributed by atoms with Crippen molar-refractivity contribution in [3.05, 3.63) is 12.4 Å². The largest absolute Gasteiger partial charge is 0.411 e. The molecule has 2 heterocycles. The van der Waals surface area contributed by atoms with Crippen molar-refractivity contribution >= 4 is 11.7 Å². The minimum atomic E-state index is 0.823. The van der Waals surface area contributed by atoms with Gasteiger partial charge < -0.3 is 14.7 Å². The quantitative estimate of drug-likeness (QED) is 0.532. The van der Waals surface area contributed by atoms with Crippen molar-refractivity contribution in [1.29, 1.82) is 0 Å². The first-order valence-corrected chi connectivity index (χ1v) is 4.73. The third-order valence-corrected chi connectivity index (χ3v) is 2.56. The van der Waals surface area contributed by atoms with Crippen LogP contribution in [0.3, 0.4) is 0 Å². The second-order valence-electron chi connectivity index (χ2n) is 3.49. The Labute approximate surface area is 82.7 Å². The molecule has 1 aliphatic rings. The number of hydrogen-bond donors (Lipinski definition) is 1. The van der Waals surface area contributed by atoms with Crippen molar-refractivity contribution in [2.24, 2.45) is 12.2 Å². The van der Waals surface area contributed by atoms with Crippen LogP contribution in [-0.2, 0) is 7.05 Å². The zero-order chi connectivity index (χ0) is 9.97. The zero-order valence-corrected chi connectivity index (χ0v) is 8.22. The molecule has 0 atom stereocenters. The molecule has 1 fully saturated rings. The van der Waals surface area contributed by atoms with Gasteiger partial charge in [-0.25, -0.2) is 4.98 Å². The number of rotatable bonds is 1. The van der Waals surface area contributed by atoms with Gasteiger partial charge in [0.25, 0.3) is 0 Å². The molecule has 0 amide bonds. The topological polar surface area (TPSA) is 53.7 Å². The fourth-order valence-corrected chi connectivity index (χ4v) is 1.73. The van der Waals surface area contributed by atoms with Crippen LogP contribution < -0.4 is 4.90 Å². The Bertz CT molecular complexity index is 334. The molecule has 0 radical (unpaired) electrons. The van der Waals surface area contributed by atoms with Gasteiger partial charge in [-0.15, -0.1) is 0 Å². The average molecular weight is 194 g/mol. The van der Waals surface area contributed by atoms with E-state index >= 15 is 0 Å². The van der Waals surface area contributed by atoms with Crippen LogP contribution in [0.5, 0.6) is 0 Å². The number of hydrogen-bond acceptors (Lipinski definition) is 4. The number of anilines is 1. The first-order valence-electron chi connectivity index (χ1n) is 4.73. The number of aromatic nitrogens is 2. The van der Waals surface area contributed by atoms with E-state index < -0.39 is 0 Å². The van der Waals surface area contributed by atoms with Crippen LogP contribution in [0.25, 0.3) is 0 Å². The molecule has 0 aliphatic carbocycles. The normalized spacial score (nSPS) is 17.2. The summed E-state index contributed by atoms with van der Waals surface area (Å²) >= 11 is 0. The molecule has 1 aromatic rings. The van der Waals surface area contributed by atoms with E-state index in [-0.39, 0.29) is 0 Å². The van der Waals surface area contributed by atoms with Crippen molar-refractivity contribution in [2.75, 3.05) is 18.0 Å². The van der Waals surface area contributed by atoms with Gasteiger partial charge in [0, 0.05) is 45.4 Å². The summed E-state index contributed by atoms with van der Waals surface area (Å²) in [7, 11) is 1.98. The third kappa shape index (κ3) is 1.57. The molecular formula is C9H14N4O. The number of nitrogens with zero attached hydrogens (tertiary/aromatic N) is 4. The molecule has 0 bridgehead atoms. The predicted molar refractivity (Wildman–Crippen MR) is 53.9 cm³/mol. The van der Waals surface area contributed by atoms with E-state index in [0.717, 1.165) is 37.6 Å². The fraction of sp³-hybridized carbons (Fsp3) is 0.556. The number of oxime groups is 1. The summed E-state index contributed by atoms with van der Waals surface area (Å²) in [5.41, 5.74) is 0.885. The van der Waals surface area contributed by atoms with Crippen LogP contribution in [0.2, 0.25) is 0 Å². The highest BCUT2D eigenvalue weighted by molar-refractivity contribution is 5.85. The van der Waals surface area contributed by atoms with Gasteiger partial charge in [0.1, 0.15) is 0 Å². The van der Waals surface area contributed by atoms with Gasteiger partial charge in [0.05, 0.1) is 5.71 Å². The maximum absolute atomic E-state index is 8.61. The highest BCUT2D eigenvalue weighted by Crippen LogP contribution is 2.15. The van der Waals surface area contributed by atoms with Gasteiger partial charge >= 0.3 is 0 Å². The summed E-state index contributed by atoms with van der Waals surface area (Å²) in [4.78, 5) is 6.48. The number of piperidine rings is 1. The number of aryl methyl sites for hydroxylation is 1. The molecule has 5 heteroatoms. The summed E-state index contributed by atoms with van der Waals surface area (Å²) in [5.74, 6) is 0.988. The molecule has 76 valence electrons. The molecule has 1 N–H and O–H groups in total. The van der Waals surface area contributed by atoms with Crippen LogP contribution >= 0.6 is 0 Å². The summed E-state index contributed by atoms with van der Waals surface area (Å²) < 4.78 is 2.00. The number of imidazole rings is 1. The van der Waals surface area contributed by atoms with Gasteiger partial charge in [-0.1, -0.05) is 5.16 Å². The van der Waals surface area contributed by atoms with Crippen molar-refractivity contribution in [3.63, 3.8) is 0 Å². The SMILES string of the molecule is Cn1ccnc1N1CCC(=NO)CC1. The van der Waals surface area contributed by atoms with Crippen LogP contribution in [0.15, 0.2) is 17.5 Å². The Morgan fingerprint density at radius 3 is 2.64 bits per heavy atom. The van der Waals surface area contributed by atoms with E-state index in [1.54, 1.807) is 6.20 Å². The highest BCUT2D eigenvalue weighted by atomic mass is 16.4. The molecule has 0 aromatic carbocycles. The lowest BCUT2D eigenvalue weighted by Crippen LogP contribution is -2.35. The summed E-state index contributed by atoms with van der Waals surface area (Å²) in [6.45, 7) is 1.76. The van der Waals surface area contributed by atoms with Gasteiger partial charge in [0.15, 0.2) is 0 Å². The average Bonchev–Trinajstić information content (AvgIpc) is 2.65. The first-order chi connectivity index (χ1) is 6.81. The van der Waals surface area contributed by atoms with E-state index in [2.05, 4.69) is 15.0 Å². The molecular weight excluding hydrogens is 180 g/mol. The molecule has 1 aliphatic heterocycles. The maximum atomic E-state index is 8.61. The van der Waals surface area contributed by atoms with E-state index in [0.29, 0.717) is 0 Å². The monoisotopic (exact) mass is 194 g/mol. The van der Waals surface area contributed by atoms with Gasteiger partial charge in [-0.3, -0.25) is 0 Å². The Hall–Kier alpha value is -1.52. The Balaban J connectivity index is 2.06. The minimum absolute atomic E-state index is 0.823. The minimum Gasteiger partial charge on any atom is -0.411 e. The molecule has 0 saturated carbocycles. The van der Waals surface area contributed by atoms with Gasteiger partial charge in [-0.05, 0) is 0 Å². The lowest BCUT2D eigenvalue weighted by Gasteiger charge is -2.27. The molecule has 1 saturated heterocycles. The van der Waals surface area contributed by atoms with E-state index in [1.165, 1.54) is 0 Å². The highest BCUT2D eigenvalue weighted by Gasteiger charge is 2.17. The Kier molecular flexibility index (Phi) is 2.39. The maximum Gasteiger partial charge on any atom is 0.205 e. The van der Waals surface area contributed by atoms with Crippen molar-refractivity contribution < 1.29 is 5.21 Å².